The van der Waals surface area contributed by atoms with Gasteiger partial charge in [0.2, 0.25) is 0 Å². The molecule has 1 aromatic carbocycles. The Morgan fingerprint density at radius 3 is 3.00 bits per heavy atom. The molecule has 5 heteroatoms. The van der Waals surface area contributed by atoms with Gasteiger partial charge >= 0.3 is 0 Å². The number of nitrogens with one attached hydrogen (secondary N) is 2. The lowest BCUT2D eigenvalue weighted by Gasteiger charge is -2.36. The third-order valence-electron chi connectivity index (χ3n) is 4.27. The van der Waals surface area contributed by atoms with Gasteiger partial charge in [0.15, 0.2) is 0 Å². The number of nitrogens with zero attached hydrogens (tertiary/aromatic N) is 1. The lowest BCUT2D eigenvalue weighted by atomic mass is 10.0. The van der Waals surface area contributed by atoms with Crippen LogP contribution in [-0.4, -0.2) is 37.5 Å². The van der Waals surface area contributed by atoms with E-state index in [-0.39, 0.29) is 5.91 Å². The Morgan fingerprint density at radius 1 is 1.39 bits per heavy atom. The molecule has 4 nitrogen and oxygen atoms in total. The second kappa shape index (κ2) is 7.25. The van der Waals surface area contributed by atoms with E-state index >= 15 is 0 Å². The summed E-state index contributed by atoms with van der Waals surface area (Å²) in [6, 6.07) is 12.7. The van der Waals surface area contributed by atoms with E-state index in [9.17, 15) is 4.79 Å². The zero-order valence-electron chi connectivity index (χ0n) is 13.6. The van der Waals surface area contributed by atoms with Gasteiger partial charge in [-0.3, -0.25) is 9.69 Å². The molecule has 1 atom stereocenters. The first-order valence-corrected chi connectivity index (χ1v) is 8.81. The summed E-state index contributed by atoms with van der Waals surface area (Å²) in [5.74, 6) is -0.0314. The quantitative estimate of drug-likeness (QED) is 0.906. The summed E-state index contributed by atoms with van der Waals surface area (Å²) in [7, 11) is 1.67. The highest BCUT2D eigenvalue weighted by Gasteiger charge is 2.24. The standard InChI is InChI=1S/C18H23N3OS/c1-13-6-7-16(23-13)12-21-9-8-20-11-17(21)14-4-3-5-15(10-14)18(22)19-2/h3-7,10,17,20H,8-9,11-12H2,1-2H3,(H,19,22). The molecule has 0 aliphatic carbocycles. The van der Waals surface area contributed by atoms with E-state index in [1.807, 2.05) is 29.5 Å². The fourth-order valence-corrected chi connectivity index (χ4v) is 3.98. The van der Waals surface area contributed by atoms with Gasteiger partial charge in [0, 0.05) is 54.6 Å². The molecule has 1 aromatic heterocycles. The third kappa shape index (κ3) is 3.80. The Labute approximate surface area is 141 Å². The van der Waals surface area contributed by atoms with Crippen molar-refractivity contribution in [1.82, 2.24) is 15.5 Å². The maximum atomic E-state index is 11.9. The number of hydrogen-bond donors (Lipinski definition) is 2. The molecule has 1 amide bonds. The molecule has 1 aliphatic heterocycles. The maximum absolute atomic E-state index is 11.9. The number of aryl methyl sites for hydroxylation is 1. The molecule has 2 N–H and O–H groups in total. The number of carbonyl (C=O) groups is 1. The fourth-order valence-electron chi connectivity index (χ4n) is 3.07. The molecular weight excluding hydrogens is 306 g/mol. The molecule has 1 saturated heterocycles. The van der Waals surface area contributed by atoms with Gasteiger partial charge < -0.3 is 10.6 Å². The molecule has 3 rings (SSSR count). The van der Waals surface area contributed by atoms with Crippen molar-refractivity contribution in [2.24, 2.45) is 0 Å². The first kappa shape index (κ1) is 16.2. The number of carbonyl (C=O) groups excluding carboxylic acids is 1. The summed E-state index contributed by atoms with van der Waals surface area (Å²) in [6.45, 7) is 6.06. The number of rotatable bonds is 4. The molecule has 0 spiro atoms. The normalized spacial score (nSPS) is 18.8. The molecule has 1 unspecified atom stereocenters. The average molecular weight is 329 g/mol. The largest absolute Gasteiger partial charge is 0.355 e. The van der Waals surface area contributed by atoms with E-state index in [0.29, 0.717) is 6.04 Å². The summed E-state index contributed by atoms with van der Waals surface area (Å²) < 4.78 is 0. The first-order chi connectivity index (χ1) is 11.2. The number of amides is 1. The third-order valence-corrected chi connectivity index (χ3v) is 5.26. The highest BCUT2D eigenvalue weighted by Crippen LogP contribution is 2.27. The Morgan fingerprint density at radius 2 is 2.26 bits per heavy atom. The monoisotopic (exact) mass is 329 g/mol. The summed E-state index contributed by atoms with van der Waals surface area (Å²) in [6.07, 6.45) is 0. The SMILES string of the molecule is CNC(=O)c1cccc(C2CNCCN2Cc2ccc(C)s2)c1. The van der Waals surface area contributed by atoms with Gasteiger partial charge in [-0.05, 0) is 36.8 Å². The molecule has 122 valence electrons. The molecule has 0 saturated carbocycles. The minimum Gasteiger partial charge on any atom is -0.355 e. The molecule has 2 heterocycles. The van der Waals surface area contributed by atoms with Crippen LogP contribution in [0.15, 0.2) is 36.4 Å². The fraction of sp³-hybridized carbons (Fsp3) is 0.389. The smallest absolute Gasteiger partial charge is 0.251 e. The van der Waals surface area contributed by atoms with Gasteiger partial charge in [-0.15, -0.1) is 11.3 Å². The van der Waals surface area contributed by atoms with Crippen LogP contribution in [0.5, 0.6) is 0 Å². The lowest BCUT2D eigenvalue weighted by Crippen LogP contribution is -2.45. The van der Waals surface area contributed by atoms with Crippen LogP contribution >= 0.6 is 11.3 Å². The van der Waals surface area contributed by atoms with E-state index in [1.54, 1.807) is 7.05 Å². The molecule has 23 heavy (non-hydrogen) atoms. The van der Waals surface area contributed by atoms with Crippen LogP contribution in [0.25, 0.3) is 0 Å². The van der Waals surface area contributed by atoms with E-state index in [0.717, 1.165) is 31.7 Å². The Kier molecular flexibility index (Phi) is 5.10. The van der Waals surface area contributed by atoms with E-state index in [2.05, 4.69) is 40.7 Å². The van der Waals surface area contributed by atoms with E-state index < -0.39 is 0 Å². The highest BCUT2D eigenvalue weighted by molar-refractivity contribution is 7.11. The summed E-state index contributed by atoms with van der Waals surface area (Å²) >= 11 is 1.86. The van der Waals surface area contributed by atoms with Crippen LogP contribution in [0.4, 0.5) is 0 Å². The van der Waals surface area contributed by atoms with Crippen molar-refractivity contribution in [2.75, 3.05) is 26.7 Å². The Balaban J connectivity index is 1.82. The zero-order valence-corrected chi connectivity index (χ0v) is 14.5. The van der Waals surface area contributed by atoms with Crippen LogP contribution in [-0.2, 0) is 6.54 Å². The molecule has 0 bridgehead atoms. The second-order valence-electron chi connectivity index (χ2n) is 5.91. The number of hydrogen-bond acceptors (Lipinski definition) is 4. The van der Waals surface area contributed by atoms with Crippen molar-refractivity contribution in [2.45, 2.75) is 19.5 Å². The highest BCUT2D eigenvalue weighted by atomic mass is 32.1. The second-order valence-corrected chi connectivity index (χ2v) is 7.28. The van der Waals surface area contributed by atoms with Crippen molar-refractivity contribution in [3.8, 4) is 0 Å². The maximum Gasteiger partial charge on any atom is 0.251 e. The van der Waals surface area contributed by atoms with Crippen molar-refractivity contribution in [3.63, 3.8) is 0 Å². The predicted octanol–water partition coefficient (Wildman–Crippen LogP) is 2.56. The van der Waals surface area contributed by atoms with Crippen LogP contribution in [0.2, 0.25) is 0 Å². The van der Waals surface area contributed by atoms with Crippen LogP contribution in [0.1, 0.15) is 31.7 Å². The minimum absolute atomic E-state index is 0.0314. The Bertz CT molecular complexity index is 682. The van der Waals surface area contributed by atoms with Crippen LogP contribution in [0.3, 0.4) is 0 Å². The minimum atomic E-state index is -0.0314. The first-order valence-electron chi connectivity index (χ1n) is 7.99. The summed E-state index contributed by atoms with van der Waals surface area (Å²) in [5, 5.41) is 6.18. The predicted molar refractivity (Wildman–Crippen MR) is 94.9 cm³/mol. The van der Waals surface area contributed by atoms with E-state index in [1.165, 1.54) is 15.3 Å². The van der Waals surface area contributed by atoms with Crippen molar-refractivity contribution >= 4 is 17.2 Å². The zero-order chi connectivity index (χ0) is 16.2. The van der Waals surface area contributed by atoms with Gasteiger partial charge in [0.1, 0.15) is 0 Å². The molecule has 1 aliphatic rings. The number of benzene rings is 1. The van der Waals surface area contributed by atoms with Gasteiger partial charge in [-0.1, -0.05) is 12.1 Å². The van der Waals surface area contributed by atoms with E-state index in [4.69, 9.17) is 0 Å². The van der Waals surface area contributed by atoms with Gasteiger partial charge in [0.25, 0.3) is 5.91 Å². The molecule has 0 radical (unpaired) electrons. The van der Waals surface area contributed by atoms with Gasteiger partial charge in [-0.2, -0.15) is 0 Å². The van der Waals surface area contributed by atoms with Crippen LogP contribution < -0.4 is 10.6 Å². The molecule has 1 fully saturated rings. The molecule has 2 aromatic rings. The summed E-state index contributed by atoms with van der Waals surface area (Å²) in [4.78, 5) is 17.1. The van der Waals surface area contributed by atoms with Crippen molar-refractivity contribution in [1.29, 1.82) is 0 Å². The lowest BCUT2D eigenvalue weighted by molar-refractivity contribution is 0.0962. The van der Waals surface area contributed by atoms with Crippen LogP contribution in [0, 0.1) is 6.92 Å². The Hall–Kier alpha value is -1.69. The average Bonchev–Trinajstić information content (AvgIpc) is 2.99. The molecular formula is C18H23N3OS. The van der Waals surface area contributed by atoms with Crippen molar-refractivity contribution in [3.05, 3.63) is 57.3 Å². The number of piperazine rings is 1. The summed E-state index contributed by atoms with van der Waals surface area (Å²) in [5.41, 5.74) is 1.93. The number of thiophene rings is 1. The van der Waals surface area contributed by atoms with Gasteiger partial charge in [-0.25, -0.2) is 0 Å². The van der Waals surface area contributed by atoms with Crippen molar-refractivity contribution < 1.29 is 4.79 Å². The van der Waals surface area contributed by atoms with Gasteiger partial charge in [0.05, 0.1) is 0 Å². The topological polar surface area (TPSA) is 44.4 Å².